The monoisotopic (exact) mass is 792 g/mol. The van der Waals surface area contributed by atoms with Crippen LogP contribution >= 0.6 is 39.5 Å². The molecular weight excluding hydrogens is 758 g/mol. The average Bonchev–Trinajstić information content (AvgIpc) is 3.57. The molecule has 0 aromatic heterocycles. The van der Waals surface area contributed by atoms with E-state index in [2.05, 4.69) is 36.5 Å². The summed E-state index contributed by atoms with van der Waals surface area (Å²) in [7, 11) is 1.32. The topological polar surface area (TPSA) is 109 Å². The van der Waals surface area contributed by atoms with E-state index in [-0.39, 0.29) is 35.5 Å². The second-order valence-electron chi connectivity index (χ2n) is 12.1. The number of thioether (sulfide) groups is 2. The number of nitrogens with zero attached hydrogens (tertiary/aromatic N) is 2. The zero-order valence-corrected chi connectivity index (χ0v) is 31.6. The number of benzene rings is 4. The molecule has 2 aliphatic rings. The van der Waals surface area contributed by atoms with Crippen LogP contribution in [-0.4, -0.2) is 35.2 Å². The minimum atomic E-state index is -0.851. The molecule has 4 aromatic rings. The number of aliphatic imine (C=N–C) groups is 2. The maximum atomic E-state index is 13.1. The number of methoxy groups -OCH3 is 1. The first-order valence-electron chi connectivity index (χ1n) is 15.8. The molecule has 264 valence electrons. The van der Waals surface area contributed by atoms with E-state index in [4.69, 9.17) is 4.74 Å². The van der Waals surface area contributed by atoms with Gasteiger partial charge in [-0.15, -0.1) is 0 Å². The van der Waals surface area contributed by atoms with Gasteiger partial charge in [0, 0.05) is 4.47 Å². The molecule has 0 radical (unpaired) electrons. The first-order valence-corrected chi connectivity index (χ1v) is 18.3. The summed E-state index contributed by atoms with van der Waals surface area (Å²) in [4.78, 5) is 45.8. The summed E-state index contributed by atoms with van der Waals surface area (Å²) in [5.41, 5.74) is 3.86. The van der Waals surface area contributed by atoms with Gasteiger partial charge in [-0.2, -0.15) is 0 Å². The largest absolute Gasteiger partial charge is 0.465 e. The van der Waals surface area contributed by atoms with Gasteiger partial charge in [-0.05, 0) is 98.5 Å². The van der Waals surface area contributed by atoms with Crippen molar-refractivity contribution in [3.63, 3.8) is 0 Å². The molecule has 0 saturated carbocycles. The molecule has 2 saturated heterocycles. The summed E-state index contributed by atoms with van der Waals surface area (Å²) in [6.45, 7) is 7.50. The van der Waals surface area contributed by atoms with Crippen LogP contribution in [0.25, 0.3) is 0 Å². The highest BCUT2D eigenvalue weighted by atomic mass is 79.9. The van der Waals surface area contributed by atoms with Crippen molar-refractivity contribution in [2.75, 3.05) is 7.11 Å². The normalized spacial score (nSPS) is 22.5. The highest BCUT2D eigenvalue weighted by Gasteiger charge is 2.45. The lowest BCUT2D eigenvalue weighted by Gasteiger charge is -2.19. The smallest absolute Gasteiger partial charge is 0.337 e. The van der Waals surface area contributed by atoms with E-state index in [9.17, 15) is 23.2 Å². The van der Waals surface area contributed by atoms with Crippen LogP contribution in [-0.2, 0) is 23.8 Å². The van der Waals surface area contributed by atoms with Crippen molar-refractivity contribution in [3.8, 4) is 0 Å². The third-order valence-electron chi connectivity index (χ3n) is 8.49. The summed E-state index contributed by atoms with van der Waals surface area (Å²) >= 11 is 6.13. The third kappa shape index (κ3) is 8.77. The molecule has 4 aromatic carbocycles. The predicted molar refractivity (Wildman–Crippen MR) is 203 cm³/mol. The van der Waals surface area contributed by atoms with E-state index >= 15 is 0 Å². The number of halogens is 3. The van der Waals surface area contributed by atoms with Crippen molar-refractivity contribution in [2.45, 2.75) is 49.3 Å². The lowest BCUT2D eigenvalue weighted by atomic mass is 9.98. The molecule has 13 heteroatoms. The van der Waals surface area contributed by atoms with Crippen LogP contribution in [0.3, 0.4) is 0 Å². The maximum absolute atomic E-state index is 13.1. The van der Waals surface area contributed by atoms with Gasteiger partial charge in [0.05, 0.1) is 24.8 Å². The maximum Gasteiger partial charge on any atom is 0.337 e. The molecule has 51 heavy (non-hydrogen) atoms. The number of hydrogen-bond acceptors (Lipinski definition) is 8. The standard InChI is InChI=1S/C20H19FN2O3S.C18H16BrFN2OS/c1-12(13-6-10-16(21)11-7-13)22-19-23-18(25)20(2,27-19)15-8-4-14(5-9-15)17(24)26-3;1-11(12-3-9-15(20)10-4-12)21-17-22-16(23)18(2,24-17)13-5-7-14(19)8-6-13/h4-12H,1-3H3,(H,22,23,25);3-11H,1-2H3,(H,21,22,23)/t12-,20?;11-,18?/m00/s1. The molecule has 2 amide bonds. The van der Waals surface area contributed by atoms with Gasteiger partial charge in [-0.3, -0.25) is 19.6 Å². The van der Waals surface area contributed by atoms with Crippen LogP contribution in [0.5, 0.6) is 0 Å². The Morgan fingerprint density at radius 3 is 1.43 bits per heavy atom. The molecule has 2 unspecified atom stereocenters. The Hall–Kier alpha value is -4.33. The lowest BCUT2D eigenvalue weighted by molar-refractivity contribution is -0.122. The van der Waals surface area contributed by atoms with E-state index in [1.807, 2.05) is 52.0 Å². The zero-order valence-electron chi connectivity index (χ0n) is 28.4. The number of hydrogen-bond donors (Lipinski definition) is 2. The first-order chi connectivity index (χ1) is 24.2. The molecule has 8 nitrogen and oxygen atoms in total. The number of esters is 1. The van der Waals surface area contributed by atoms with Crippen LogP contribution in [0.2, 0.25) is 0 Å². The van der Waals surface area contributed by atoms with E-state index in [1.54, 1.807) is 48.5 Å². The van der Waals surface area contributed by atoms with Crippen molar-refractivity contribution in [2.24, 2.45) is 9.98 Å². The third-order valence-corrected chi connectivity index (χ3v) is 11.5. The number of nitrogens with one attached hydrogen (secondary N) is 2. The molecule has 0 aliphatic carbocycles. The zero-order chi connectivity index (χ0) is 36.9. The van der Waals surface area contributed by atoms with Crippen LogP contribution in [0.4, 0.5) is 8.78 Å². The van der Waals surface area contributed by atoms with Gasteiger partial charge in [0.15, 0.2) is 10.3 Å². The van der Waals surface area contributed by atoms with Crippen LogP contribution < -0.4 is 10.6 Å². The molecule has 4 atom stereocenters. The number of amides is 2. The number of carbonyl (C=O) groups is 3. The fourth-order valence-corrected chi connectivity index (χ4v) is 7.80. The Bertz CT molecular complexity index is 1980. The number of ether oxygens (including phenoxy) is 1. The summed E-state index contributed by atoms with van der Waals surface area (Å²) in [5.74, 6) is -1.26. The average molecular weight is 794 g/mol. The Morgan fingerprint density at radius 2 is 1.06 bits per heavy atom. The predicted octanol–water partition coefficient (Wildman–Crippen LogP) is 8.59. The van der Waals surface area contributed by atoms with Crippen molar-refractivity contribution >= 4 is 67.6 Å². The van der Waals surface area contributed by atoms with Gasteiger partial charge in [0.1, 0.15) is 21.1 Å². The summed E-state index contributed by atoms with van der Waals surface area (Å²) in [6.07, 6.45) is 0. The lowest BCUT2D eigenvalue weighted by Crippen LogP contribution is -2.31. The Balaban J connectivity index is 0.000000199. The van der Waals surface area contributed by atoms with Crippen molar-refractivity contribution in [1.29, 1.82) is 0 Å². The number of carbonyl (C=O) groups excluding carboxylic acids is 3. The molecule has 2 N–H and O–H groups in total. The van der Waals surface area contributed by atoms with Gasteiger partial charge < -0.3 is 15.4 Å². The quantitative estimate of drug-likeness (QED) is 0.182. The highest BCUT2D eigenvalue weighted by molar-refractivity contribution is 9.10. The summed E-state index contributed by atoms with van der Waals surface area (Å²) in [5, 5.41) is 6.77. The fraction of sp³-hybridized carbons (Fsp3) is 0.237. The Labute approximate surface area is 312 Å². The molecule has 2 heterocycles. The van der Waals surface area contributed by atoms with Gasteiger partial charge in [-0.1, -0.05) is 88.0 Å². The van der Waals surface area contributed by atoms with E-state index in [0.29, 0.717) is 15.9 Å². The Kier molecular flexibility index (Phi) is 11.8. The van der Waals surface area contributed by atoms with Crippen molar-refractivity contribution in [3.05, 3.63) is 141 Å². The molecular formula is C38H35BrF2N4O4S2. The summed E-state index contributed by atoms with van der Waals surface area (Å²) in [6, 6.07) is 26.4. The second kappa shape index (κ2) is 15.9. The van der Waals surface area contributed by atoms with Gasteiger partial charge >= 0.3 is 5.97 Å². The van der Waals surface area contributed by atoms with Crippen LogP contribution in [0.15, 0.2) is 112 Å². The fourth-order valence-electron chi connectivity index (χ4n) is 5.25. The van der Waals surface area contributed by atoms with E-state index in [1.165, 1.54) is 54.9 Å². The molecule has 0 spiro atoms. The molecule has 0 bridgehead atoms. The first kappa shape index (κ1) is 37.9. The molecule has 6 rings (SSSR count). The van der Waals surface area contributed by atoms with Crippen LogP contribution in [0.1, 0.15) is 72.4 Å². The highest BCUT2D eigenvalue weighted by Crippen LogP contribution is 2.43. The van der Waals surface area contributed by atoms with Crippen molar-refractivity contribution < 1.29 is 27.9 Å². The van der Waals surface area contributed by atoms with Gasteiger partial charge in [-0.25, -0.2) is 13.6 Å². The molecule has 2 fully saturated rings. The molecule has 2 aliphatic heterocycles. The van der Waals surface area contributed by atoms with Gasteiger partial charge in [0.2, 0.25) is 11.8 Å². The number of amidine groups is 2. The summed E-state index contributed by atoms with van der Waals surface area (Å²) < 4.78 is 30.2. The van der Waals surface area contributed by atoms with Gasteiger partial charge in [0.25, 0.3) is 0 Å². The second-order valence-corrected chi connectivity index (χ2v) is 15.8. The van der Waals surface area contributed by atoms with Crippen LogP contribution in [0, 0.1) is 11.6 Å². The number of rotatable bonds is 7. The SMILES string of the molecule is COC(=O)c1ccc(C2(C)SC(=N[C@@H](C)c3ccc(F)cc3)NC2=O)cc1.C[C@H](N=C1NC(=O)C(C)(c2ccc(Br)cc2)S1)c1ccc(F)cc1. The minimum Gasteiger partial charge on any atom is -0.465 e. The minimum absolute atomic E-state index is 0.0834. The van der Waals surface area contributed by atoms with E-state index < -0.39 is 15.5 Å². The Morgan fingerprint density at radius 1 is 0.686 bits per heavy atom. The van der Waals surface area contributed by atoms with Crippen molar-refractivity contribution in [1.82, 2.24) is 10.6 Å². The van der Waals surface area contributed by atoms with E-state index in [0.717, 1.165) is 26.7 Å².